The molecule has 0 aromatic carbocycles. The van der Waals surface area contributed by atoms with Gasteiger partial charge in [0.1, 0.15) is 5.82 Å². The summed E-state index contributed by atoms with van der Waals surface area (Å²) in [6, 6.07) is 0. The van der Waals surface area contributed by atoms with E-state index in [-0.39, 0.29) is 0 Å². The van der Waals surface area contributed by atoms with Crippen LogP contribution in [-0.4, -0.2) is 18.1 Å². The number of hydrogen-bond donors (Lipinski definition) is 0. The second-order valence-electron chi connectivity index (χ2n) is 4.53. The number of piperidine rings is 1. The minimum Gasteiger partial charge on any atom is -0.355 e. The predicted molar refractivity (Wildman–Crippen MR) is 65.5 cm³/mol. The van der Waals surface area contributed by atoms with Gasteiger partial charge in [0, 0.05) is 23.8 Å². The van der Waals surface area contributed by atoms with Crippen molar-refractivity contribution in [2.24, 2.45) is 11.8 Å². The van der Waals surface area contributed by atoms with Crippen LogP contribution in [-0.2, 0) is 0 Å². The van der Waals surface area contributed by atoms with Crippen molar-refractivity contribution in [2.75, 3.05) is 18.0 Å². The molecular formula is C11H12BrClN2. The Labute approximate surface area is 103 Å². The van der Waals surface area contributed by atoms with Crippen LogP contribution in [0.25, 0.3) is 0 Å². The Hall–Kier alpha value is -0.280. The van der Waals surface area contributed by atoms with E-state index < -0.39 is 0 Å². The molecule has 80 valence electrons. The first kappa shape index (κ1) is 9.91. The van der Waals surface area contributed by atoms with E-state index in [1.807, 2.05) is 13.1 Å². The van der Waals surface area contributed by atoms with E-state index in [0.29, 0.717) is 0 Å². The Morgan fingerprint density at radius 2 is 2.13 bits per heavy atom. The highest BCUT2D eigenvalue weighted by Gasteiger charge is 2.45. The van der Waals surface area contributed by atoms with Crippen LogP contribution in [0.2, 0.25) is 5.02 Å². The van der Waals surface area contributed by atoms with Gasteiger partial charge in [-0.3, -0.25) is 0 Å². The maximum atomic E-state index is 6.31. The molecule has 0 amide bonds. The van der Waals surface area contributed by atoms with Crippen molar-refractivity contribution in [3.8, 4) is 0 Å². The lowest BCUT2D eigenvalue weighted by Crippen LogP contribution is -2.23. The molecule has 0 N–H and O–H groups in total. The summed E-state index contributed by atoms with van der Waals surface area (Å²) in [5.74, 6) is 2.78. The number of halogens is 2. The van der Waals surface area contributed by atoms with Crippen molar-refractivity contribution in [2.45, 2.75) is 13.3 Å². The zero-order valence-corrected chi connectivity index (χ0v) is 10.8. The summed E-state index contributed by atoms with van der Waals surface area (Å²) in [6.45, 7) is 4.30. The minimum atomic E-state index is 0.797. The molecular weight excluding hydrogens is 275 g/mol. The normalized spacial score (nSPS) is 28.1. The number of hydrogen-bond acceptors (Lipinski definition) is 2. The lowest BCUT2D eigenvalue weighted by Gasteiger charge is -2.21. The van der Waals surface area contributed by atoms with Crippen molar-refractivity contribution < 1.29 is 0 Å². The molecule has 1 aliphatic heterocycles. The van der Waals surface area contributed by atoms with Gasteiger partial charge in [-0.2, -0.15) is 0 Å². The molecule has 2 atom stereocenters. The Bertz CT molecular complexity index is 411. The van der Waals surface area contributed by atoms with E-state index in [9.17, 15) is 0 Å². The summed E-state index contributed by atoms with van der Waals surface area (Å²) in [5.41, 5.74) is 1.09. The van der Waals surface area contributed by atoms with Gasteiger partial charge >= 0.3 is 0 Å². The van der Waals surface area contributed by atoms with Crippen LogP contribution in [0.1, 0.15) is 12.0 Å². The number of nitrogens with zero attached hydrogens (tertiary/aromatic N) is 2. The van der Waals surface area contributed by atoms with Crippen LogP contribution in [0.15, 0.2) is 10.7 Å². The van der Waals surface area contributed by atoms with Crippen LogP contribution in [0.4, 0.5) is 5.82 Å². The molecule has 1 saturated heterocycles. The van der Waals surface area contributed by atoms with Gasteiger partial charge in [0.25, 0.3) is 0 Å². The first-order valence-corrected chi connectivity index (χ1v) is 6.39. The summed E-state index contributed by atoms with van der Waals surface area (Å²) in [7, 11) is 0. The van der Waals surface area contributed by atoms with Gasteiger partial charge in [-0.05, 0) is 46.7 Å². The molecule has 1 aromatic heterocycles. The summed E-state index contributed by atoms with van der Waals surface area (Å²) in [5, 5.41) is 0.797. The molecule has 4 heteroatoms. The lowest BCUT2D eigenvalue weighted by molar-refractivity contribution is 0.804. The van der Waals surface area contributed by atoms with E-state index >= 15 is 0 Å². The molecule has 0 unspecified atom stereocenters. The highest BCUT2D eigenvalue weighted by molar-refractivity contribution is 9.10. The van der Waals surface area contributed by atoms with Crippen molar-refractivity contribution >= 4 is 33.3 Å². The molecule has 1 aromatic rings. The van der Waals surface area contributed by atoms with E-state index in [4.69, 9.17) is 11.6 Å². The molecule has 2 aliphatic rings. The van der Waals surface area contributed by atoms with Crippen LogP contribution in [0, 0.1) is 18.8 Å². The van der Waals surface area contributed by atoms with E-state index in [0.717, 1.165) is 45.8 Å². The molecule has 15 heavy (non-hydrogen) atoms. The van der Waals surface area contributed by atoms with E-state index in [1.54, 1.807) is 0 Å². The zero-order chi connectivity index (χ0) is 10.6. The van der Waals surface area contributed by atoms with Gasteiger partial charge in [0.05, 0.1) is 5.02 Å². The second kappa shape index (κ2) is 3.36. The number of aromatic nitrogens is 1. The minimum absolute atomic E-state index is 0.797. The summed E-state index contributed by atoms with van der Waals surface area (Å²) < 4.78 is 0.987. The molecule has 3 rings (SSSR count). The smallest absolute Gasteiger partial charge is 0.147 e. The topological polar surface area (TPSA) is 16.1 Å². The van der Waals surface area contributed by atoms with E-state index in [1.165, 1.54) is 6.42 Å². The number of pyridine rings is 1. The van der Waals surface area contributed by atoms with Crippen molar-refractivity contribution in [3.63, 3.8) is 0 Å². The summed E-state index contributed by atoms with van der Waals surface area (Å²) in [4.78, 5) is 6.74. The molecule has 2 fully saturated rings. The predicted octanol–water partition coefficient (Wildman–Crippen LogP) is 3.26. The molecule has 2 nitrogen and oxygen atoms in total. The molecule has 1 saturated carbocycles. The van der Waals surface area contributed by atoms with E-state index in [2.05, 4.69) is 25.8 Å². The van der Waals surface area contributed by atoms with Crippen LogP contribution >= 0.6 is 27.5 Å². The third-order valence-electron chi connectivity index (χ3n) is 3.46. The Morgan fingerprint density at radius 1 is 1.47 bits per heavy atom. The van der Waals surface area contributed by atoms with Crippen molar-refractivity contribution in [3.05, 3.63) is 21.3 Å². The largest absolute Gasteiger partial charge is 0.355 e. The fourth-order valence-corrected chi connectivity index (χ4v) is 3.02. The Balaban J connectivity index is 1.94. The molecule has 0 radical (unpaired) electrons. The fraction of sp³-hybridized carbons (Fsp3) is 0.545. The zero-order valence-electron chi connectivity index (χ0n) is 8.50. The van der Waals surface area contributed by atoms with Crippen LogP contribution < -0.4 is 4.90 Å². The average molecular weight is 288 g/mol. The van der Waals surface area contributed by atoms with Crippen molar-refractivity contribution in [1.82, 2.24) is 4.98 Å². The second-order valence-corrected chi connectivity index (χ2v) is 5.76. The number of rotatable bonds is 1. The van der Waals surface area contributed by atoms with Gasteiger partial charge < -0.3 is 4.90 Å². The molecule has 0 spiro atoms. The Kier molecular flexibility index (Phi) is 2.22. The molecule has 0 bridgehead atoms. The first-order valence-electron chi connectivity index (χ1n) is 5.22. The average Bonchev–Trinajstić information content (AvgIpc) is 2.83. The quantitative estimate of drug-likeness (QED) is 0.788. The maximum Gasteiger partial charge on any atom is 0.147 e. The van der Waals surface area contributed by atoms with Gasteiger partial charge in [0.15, 0.2) is 0 Å². The molecule has 1 aliphatic carbocycles. The maximum absolute atomic E-state index is 6.31. The van der Waals surface area contributed by atoms with Gasteiger partial charge in [-0.25, -0.2) is 4.98 Å². The highest BCUT2D eigenvalue weighted by Crippen LogP contribution is 2.47. The highest BCUT2D eigenvalue weighted by atomic mass is 79.9. The van der Waals surface area contributed by atoms with Crippen LogP contribution in [0.5, 0.6) is 0 Å². The monoisotopic (exact) mass is 286 g/mol. The Morgan fingerprint density at radius 3 is 2.80 bits per heavy atom. The van der Waals surface area contributed by atoms with Gasteiger partial charge in [0.2, 0.25) is 0 Å². The summed E-state index contributed by atoms with van der Waals surface area (Å²) >= 11 is 9.75. The standard InChI is InChI=1S/C11H12BrClN2/c1-6-9(12)3-14-11(10(6)13)15-4-7-2-8(7)5-15/h3,7-8H,2,4-5H2,1H3/t7-,8+. The number of anilines is 1. The van der Waals surface area contributed by atoms with Gasteiger partial charge in [-0.1, -0.05) is 11.6 Å². The third-order valence-corrected chi connectivity index (χ3v) is 4.71. The van der Waals surface area contributed by atoms with Gasteiger partial charge in [-0.15, -0.1) is 0 Å². The summed E-state index contributed by atoms with van der Waals surface area (Å²) in [6.07, 6.45) is 3.25. The van der Waals surface area contributed by atoms with Crippen LogP contribution in [0.3, 0.4) is 0 Å². The van der Waals surface area contributed by atoms with Crippen molar-refractivity contribution in [1.29, 1.82) is 0 Å². The fourth-order valence-electron chi connectivity index (χ4n) is 2.34. The lowest BCUT2D eigenvalue weighted by atomic mass is 10.3. The third kappa shape index (κ3) is 1.56. The number of fused-ring (bicyclic) bond motifs is 1. The SMILES string of the molecule is Cc1c(Br)cnc(N2C[C@H]3C[C@H]3C2)c1Cl. The molecule has 2 heterocycles. The first-order chi connectivity index (χ1) is 7.16.